The summed E-state index contributed by atoms with van der Waals surface area (Å²) in [5, 5.41) is 2.62. The number of aryl methyl sites for hydroxylation is 1. The first-order valence-corrected chi connectivity index (χ1v) is 14.7. The van der Waals surface area contributed by atoms with E-state index in [1.54, 1.807) is 0 Å². The van der Waals surface area contributed by atoms with Gasteiger partial charge in [0.05, 0.1) is 11.0 Å². The molecule has 0 fully saturated rings. The van der Waals surface area contributed by atoms with Crippen LogP contribution in [0.4, 0.5) is 17.1 Å². The van der Waals surface area contributed by atoms with Crippen LogP contribution < -0.4 is 26.0 Å². The Kier molecular flexibility index (Phi) is 4.26. The van der Waals surface area contributed by atoms with E-state index in [0.29, 0.717) is 0 Å². The molecule has 0 unspecified atom stereocenters. The first kappa shape index (κ1) is 22.5. The third kappa shape index (κ3) is 2.77. The third-order valence-electron chi connectivity index (χ3n) is 9.54. The molecular weight excluding hydrogens is 511 g/mol. The van der Waals surface area contributed by atoms with Gasteiger partial charge in [-0.3, -0.25) is 0 Å². The zero-order chi connectivity index (χ0) is 27.5. The lowest BCUT2D eigenvalue weighted by Gasteiger charge is -2.36. The maximum absolute atomic E-state index is 6.79. The lowest BCUT2D eigenvalue weighted by Crippen LogP contribution is -2.58. The molecule has 196 valence electrons. The van der Waals surface area contributed by atoms with Crippen molar-refractivity contribution in [1.29, 1.82) is 0 Å². The molecule has 0 amide bonds. The number of hydrogen-bond donors (Lipinski definition) is 0. The molecule has 3 nitrogen and oxygen atoms in total. The van der Waals surface area contributed by atoms with Gasteiger partial charge in [0, 0.05) is 39.9 Å². The first-order valence-electron chi connectivity index (χ1n) is 14.7. The number of para-hydroxylation sites is 4. The monoisotopic (exact) mass is 536 g/mol. The van der Waals surface area contributed by atoms with Crippen molar-refractivity contribution in [3.8, 4) is 17.2 Å². The predicted molar refractivity (Wildman–Crippen MR) is 174 cm³/mol. The average molecular weight is 536 g/mol. The van der Waals surface area contributed by atoms with E-state index in [1.807, 2.05) is 0 Å². The molecule has 0 N–H and O–H groups in total. The van der Waals surface area contributed by atoms with Crippen LogP contribution in [0, 0.1) is 6.92 Å². The van der Waals surface area contributed by atoms with E-state index in [1.165, 1.54) is 71.9 Å². The molecular formula is C38H25BN2O. The van der Waals surface area contributed by atoms with Gasteiger partial charge in [0.1, 0.15) is 11.5 Å². The summed E-state index contributed by atoms with van der Waals surface area (Å²) in [7, 11) is 0. The third-order valence-corrected chi connectivity index (χ3v) is 9.54. The lowest BCUT2D eigenvalue weighted by atomic mass is 9.34. The summed E-state index contributed by atoms with van der Waals surface area (Å²) in [6.07, 6.45) is 0.947. The Balaban J connectivity index is 1.27. The van der Waals surface area contributed by atoms with Gasteiger partial charge in [-0.2, -0.15) is 0 Å². The number of fused-ring (bicyclic) bond motifs is 10. The zero-order valence-electron chi connectivity index (χ0n) is 23.1. The summed E-state index contributed by atoms with van der Waals surface area (Å²) < 4.78 is 9.26. The summed E-state index contributed by atoms with van der Waals surface area (Å²) in [5.74, 6) is 1.91. The van der Waals surface area contributed by atoms with Gasteiger partial charge in [-0.25, -0.2) is 0 Å². The molecule has 3 aliphatic heterocycles. The summed E-state index contributed by atoms with van der Waals surface area (Å²) in [6, 6.07) is 44.4. The number of rotatable bonds is 1. The maximum atomic E-state index is 6.79. The van der Waals surface area contributed by atoms with E-state index in [2.05, 4.69) is 138 Å². The molecule has 0 bridgehead atoms. The van der Waals surface area contributed by atoms with Crippen LogP contribution in [-0.2, 0) is 6.42 Å². The van der Waals surface area contributed by atoms with Crippen molar-refractivity contribution in [3.63, 3.8) is 0 Å². The minimum absolute atomic E-state index is 0.0788. The molecule has 42 heavy (non-hydrogen) atoms. The van der Waals surface area contributed by atoms with Crippen LogP contribution in [0.5, 0.6) is 11.5 Å². The number of benzene rings is 6. The fourth-order valence-electron chi connectivity index (χ4n) is 7.87. The van der Waals surface area contributed by atoms with Crippen molar-refractivity contribution in [2.24, 2.45) is 0 Å². The van der Waals surface area contributed by atoms with Gasteiger partial charge in [-0.15, -0.1) is 0 Å². The largest absolute Gasteiger partial charge is 0.458 e. The van der Waals surface area contributed by atoms with Gasteiger partial charge in [-0.05, 0) is 88.5 Å². The van der Waals surface area contributed by atoms with E-state index in [9.17, 15) is 0 Å². The molecule has 4 heterocycles. The van der Waals surface area contributed by atoms with Crippen LogP contribution in [0.15, 0.2) is 121 Å². The SMILES string of the molecule is Cc1cc2c3c4c1c1ccccc1n4-c1ccccc1B3c1cc(N3c4ccccc4Cc4ccccc43)ccc1O2. The Morgan fingerprint density at radius 1 is 0.643 bits per heavy atom. The zero-order valence-corrected chi connectivity index (χ0v) is 23.1. The number of ether oxygens (including phenoxy) is 1. The number of aromatic nitrogens is 1. The van der Waals surface area contributed by atoms with Gasteiger partial charge < -0.3 is 14.2 Å². The van der Waals surface area contributed by atoms with Crippen molar-refractivity contribution in [2.45, 2.75) is 13.3 Å². The fourth-order valence-corrected chi connectivity index (χ4v) is 7.87. The van der Waals surface area contributed by atoms with E-state index in [0.717, 1.165) is 23.6 Å². The molecule has 0 saturated carbocycles. The second-order valence-corrected chi connectivity index (χ2v) is 11.8. The van der Waals surface area contributed by atoms with E-state index in [-0.39, 0.29) is 6.71 Å². The van der Waals surface area contributed by atoms with Crippen molar-refractivity contribution < 1.29 is 4.74 Å². The van der Waals surface area contributed by atoms with Crippen molar-refractivity contribution >= 4 is 62.0 Å². The second kappa shape index (κ2) is 7.95. The fraction of sp³-hybridized carbons (Fsp3) is 0.0526. The number of nitrogens with zero attached hydrogens (tertiary/aromatic N) is 2. The topological polar surface area (TPSA) is 17.4 Å². The Morgan fingerprint density at radius 2 is 1.33 bits per heavy atom. The molecule has 0 radical (unpaired) electrons. The molecule has 0 atom stereocenters. The van der Waals surface area contributed by atoms with Crippen LogP contribution in [0.1, 0.15) is 16.7 Å². The highest BCUT2D eigenvalue weighted by Crippen LogP contribution is 2.45. The van der Waals surface area contributed by atoms with Crippen molar-refractivity contribution in [2.75, 3.05) is 4.90 Å². The molecule has 1 aromatic heterocycles. The van der Waals surface area contributed by atoms with Gasteiger partial charge in [0.2, 0.25) is 0 Å². The van der Waals surface area contributed by atoms with E-state index >= 15 is 0 Å². The van der Waals surface area contributed by atoms with Crippen LogP contribution in [0.2, 0.25) is 0 Å². The summed E-state index contributed by atoms with van der Waals surface area (Å²) >= 11 is 0. The van der Waals surface area contributed by atoms with Crippen LogP contribution >= 0.6 is 0 Å². The van der Waals surface area contributed by atoms with Crippen molar-refractivity contribution in [1.82, 2.24) is 4.57 Å². The highest BCUT2D eigenvalue weighted by Gasteiger charge is 2.41. The highest BCUT2D eigenvalue weighted by atomic mass is 16.5. The van der Waals surface area contributed by atoms with Crippen LogP contribution in [0.25, 0.3) is 27.5 Å². The van der Waals surface area contributed by atoms with E-state index < -0.39 is 0 Å². The molecule has 3 aliphatic rings. The van der Waals surface area contributed by atoms with Gasteiger partial charge in [0.15, 0.2) is 0 Å². The summed E-state index contributed by atoms with van der Waals surface area (Å²) in [4.78, 5) is 2.43. The Bertz CT molecular complexity index is 2250. The summed E-state index contributed by atoms with van der Waals surface area (Å²) in [6.45, 7) is 2.30. The highest BCUT2D eigenvalue weighted by molar-refractivity contribution is 6.99. The Labute approximate surface area is 244 Å². The minimum atomic E-state index is 0.0788. The molecule has 0 aliphatic carbocycles. The van der Waals surface area contributed by atoms with Crippen LogP contribution in [-0.4, -0.2) is 11.3 Å². The Hall–Kier alpha value is -5.22. The standard InChI is InChI=1S/C38H25BN2O/c1-23-20-35-37-38-36(23)27-12-4-8-16-32(27)41(38)33-17-9-5-13-28(33)39(37)29-22-26(18-19-34(29)42-35)40-30-14-6-2-10-24(30)21-25-11-3-7-15-31(25)40/h2-20,22H,21H2,1H3. The lowest BCUT2D eigenvalue weighted by molar-refractivity contribution is 0.487. The Morgan fingerprint density at radius 3 is 2.14 bits per heavy atom. The number of hydrogen-bond acceptors (Lipinski definition) is 2. The quantitative estimate of drug-likeness (QED) is 0.204. The molecule has 7 aromatic rings. The normalized spacial score (nSPS) is 13.8. The minimum Gasteiger partial charge on any atom is -0.458 e. The average Bonchev–Trinajstić information content (AvgIpc) is 3.39. The van der Waals surface area contributed by atoms with Gasteiger partial charge in [0.25, 0.3) is 6.71 Å². The summed E-state index contributed by atoms with van der Waals surface area (Å²) in [5.41, 5.74) is 15.2. The van der Waals surface area contributed by atoms with Crippen molar-refractivity contribution in [3.05, 3.63) is 138 Å². The molecule has 4 heteroatoms. The van der Waals surface area contributed by atoms with Gasteiger partial charge in [-0.1, -0.05) is 72.8 Å². The molecule has 0 saturated heterocycles. The number of anilines is 3. The van der Waals surface area contributed by atoms with E-state index in [4.69, 9.17) is 4.74 Å². The second-order valence-electron chi connectivity index (χ2n) is 11.8. The smallest absolute Gasteiger partial charge is 0.256 e. The van der Waals surface area contributed by atoms with Crippen LogP contribution in [0.3, 0.4) is 0 Å². The molecule has 0 spiro atoms. The first-order chi connectivity index (χ1) is 20.8. The van der Waals surface area contributed by atoms with Gasteiger partial charge >= 0.3 is 0 Å². The predicted octanol–water partition coefficient (Wildman–Crippen LogP) is 7.40. The molecule has 6 aromatic carbocycles. The molecule has 10 rings (SSSR count). The maximum Gasteiger partial charge on any atom is 0.256 e.